The number of carbonyl (C=O) groups is 1. The van der Waals surface area contributed by atoms with Crippen LogP contribution in [0.3, 0.4) is 0 Å². The monoisotopic (exact) mass is 267 g/mol. The van der Waals surface area contributed by atoms with E-state index in [1.54, 1.807) is 6.92 Å². The molecule has 0 N–H and O–H groups in total. The minimum atomic E-state index is 0.228. The zero-order valence-corrected chi connectivity index (χ0v) is 10.9. The van der Waals surface area contributed by atoms with Gasteiger partial charge in [0.25, 0.3) is 0 Å². The number of anilines is 1. The van der Waals surface area contributed by atoms with E-state index in [0.717, 1.165) is 32.2 Å². The highest BCUT2D eigenvalue weighted by Crippen LogP contribution is 2.31. The molecular formula is C12H14ClN3O2. The fourth-order valence-corrected chi connectivity index (χ4v) is 2.91. The quantitative estimate of drug-likeness (QED) is 0.602. The Morgan fingerprint density at radius 1 is 1.33 bits per heavy atom. The second-order valence-electron chi connectivity index (χ2n) is 4.78. The number of nitrogens with zero attached hydrogens (tertiary/aromatic N) is 3. The van der Waals surface area contributed by atoms with Gasteiger partial charge in [0.1, 0.15) is 16.8 Å². The van der Waals surface area contributed by atoms with Crippen LogP contribution in [0.25, 0.3) is 0 Å². The predicted octanol–water partition coefficient (Wildman–Crippen LogP) is 1.62. The lowest BCUT2D eigenvalue weighted by Crippen LogP contribution is -2.43. The van der Waals surface area contributed by atoms with Crippen molar-refractivity contribution in [1.82, 2.24) is 9.97 Å². The fraction of sp³-hybridized carbons (Fsp3) is 0.583. The van der Waals surface area contributed by atoms with Crippen molar-refractivity contribution in [1.29, 1.82) is 0 Å². The van der Waals surface area contributed by atoms with Gasteiger partial charge >= 0.3 is 0 Å². The average Bonchev–Trinajstić information content (AvgIpc) is 2.67. The van der Waals surface area contributed by atoms with E-state index in [-0.39, 0.29) is 17.4 Å². The van der Waals surface area contributed by atoms with Gasteiger partial charge in [0.15, 0.2) is 6.29 Å². The summed E-state index contributed by atoms with van der Waals surface area (Å²) in [6.07, 6.45) is 3.38. The van der Waals surface area contributed by atoms with Crippen LogP contribution in [-0.4, -0.2) is 41.6 Å². The van der Waals surface area contributed by atoms with E-state index >= 15 is 0 Å². The molecule has 2 bridgehead atoms. The number of halogens is 1. The van der Waals surface area contributed by atoms with E-state index in [0.29, 0.717) is 17.2 Å². The van der Waals surface area contributed by atoms with Crippen molar-refractivity contribution in [2.75, 3.05) is 18.0 Å². The van der Waals surface area contributed by atoms with Gasteiger partial charge < -0.3 is 9.64 Å². The van der Waals surface area contributed by atoms with Gasteiger partial charge in [-0.05, 0) is 19.8 Å². The first-order valence-corrected chi connectivity index (χ1v) is 6.45. The van der Waals surface area contributed by atoms with Crippen molar-refractivity contribution in [3.8, 4) is 0 Å². The number of hydrogen-bond donors (Lipinski definition) is 0. The molecule has 0 aliphatic carbocycles. The van der Waals surface area contributed by atoms with Crippen LogP contribution in [0.1, 0.15) is 29.0 Å². The average molecular weight is 268 g/mol. The fourth-order valence-electron chi connectivity index (χ4n) is 2.66. The first-order chi connectivity index (χ1) is 8.67. The third-order valence-electron chi connectivity index (χ3n) is 3.45. The molecule has 2 aliphatic heterocycles. The summed E-state index contributed by atoms with van der Waals surface area (Å²) in [4.78, 5) is 21.6. The molecule has 5 nitrogen and oxygen atoms in total. The van der Waals surface area contributed by atoms with E-state index in [1.165, 1.54) is 0 Å². The molecule has 2 saturated heterocycles. The van der Waals surface area contributed by atoms with Crippen LogP contribution in [0.5, 0.6) is 0 Å². The van der Waals surface area contributed by atoms with Gasteiger partial charge in [-0.1, -0.05) is 11.6 Å². The van der Waals surface area contributed by atoms with Crippen LogP contribution in [0, 0.1) is 6.92 Å². The minimum Gasteiger partial charge on any atom is -0.371 e. The predicted molar refractivity (Wildman–Crippen MR) is 67.3 cm³/mol. The molecule has 18 heavy (non-hydrogen) atoms. The van der Waals surface area contributed by atoms with Gasteiger partial charge in [-0.25, -0.2) is 9.97 Å². The Kier molecular flexibility index (Phi) is 2.95. The van der Waals surface area contributed by atoms with Crippen LogP contribution in [0.15, 0.2) is 0 Å². The summed E-state index contributed by atoms with van der Waals surface area (Å²) in [7, 11) is 0. The van der Waals surface area contributed by atoms with Gasteiger partial charge in [-0.3, -0.25) is 4.79 Å². The summed E-state index contributed by atoms with van der Waals surface area (Å²) < 4.78 is 5.78. The third kappa shape index (κ3) is 1.97. The van der Waals surface area contributed by atoms with E-state index in [4.69, 9.17) is 16.3 Å². The van der Waals surface area contributed by atoms with Crippen molar-refractivity contribution in [2.24, 2.45) is 0 Å². The standard InChI is InChI=1S/C12H14ClN3O2/c1-7-14-11(13)10(6-17)12(15-7)16-4-8-2-3-9(5-16)18-8/h6,8-9H,2-5H2,1H3. The number of ether oxygens (including phenoxy) is 1. The Hall–Kier alpha value is -1.20. The smallest absolute Gasteiger partial charge is 0.156 e. The molecule has 2 aliphatic rings. The van der Waals surface area contributed by atoms with Crippen molar-refractivity contribution >= 4 is 23.7 Å². The number of aromatic nitrogens is 2. The van der Waals surface area contributed by atoms with E-state index in [2.05, 4.69) is 14.9 Å². The molecule has 2 unspecified atom stereocenters. The maximum atomic E-state index is 11.2. The minimum absolute atomic E-state index is 0.228. The van der Waals surface area contributed by atoms with Crippen molar-refractivity contribution in [3.05, 3.63) is 16.5 Å². The van der Waals surface area contributed by atoms with Gasteiger partial charge in [-0.15, -0.1) is 0 Å². The molecule has 0 amide bonds. The van der Waals surface area contributed by atoms with E-state index in [1.807, 2.05) is 0 Å². The Labute approximate surface area is 110 Å². The van der Waals surface area contributed by atoms with Gasteiger partial charge in [0.05, 0.1) is 17.8 Å². The van der Waals surface area contributed by atoms with Crippen LogP contribution in [0.4, 0.5) is 5.82 Å². The highest BCUT2D eigenvalue weighted by atomic mass is 35.5. The van der Waals surface area contributed by atoms with Crippen molar-refractivity contribution < 1.29 is 9.53 Å². The molecule has 0 spiro atoms. The number of morpholine rings is 1. The lowest BCUT2D eigenvalue weighted by molar-refractivity contribution is 0.0301. The molecule has 1 aromatic rings. The van der Waals surface area contributed by atoms with Crippen LogP contribution in [0.2, 0.25) is 5.15 Å². The zero-order chi connectivity index (χ0) is 12.7. The summed E-state index contributed by atoms with van der Waals surface area (Å²) >= 11 is 6.00. The van der Waals surface area contributed by atoms with Crippen LogP contribution < -0.4 is 4.90 Å². The molecule has 0 radical (unpaired) electrons. The Bertz CT molecular complexity index is 482. The number of aryl methyl sites for hydroxylation is 1. The molecule has 1 aromatic heterocycles. The molecule has 2 fully saturated rings. The van der Waals surface area contributed by atoms with Gasteiger partial charge in [0.2, 0.25) is 0 Å². The maximum Gasteiger partial charge on any atom is 0.156 e. The molecular weight excluding hydrogens is 254 g/mol. The molecule has 3 rings (SSSR count). The highest BCUT2D eigenvalue weighted by Gasteiger charge is 2.35. The molecule has 3 heterocycles. The SMILES string of the molecule is Cc1nc(Cl)c(C=O)c(N2CC3CCC(C2)O3)n1. The highest BCUT2D eigenvalue weighted by molar-refractivity contribution is 6.32. The molecule has 6 heteroatoms. The number of fused-ring (bicyclic) bond motifs is 2. The first-order valence-electron chi connectivity index (χ1n) is 6.07. The number of aldehydes is 1. The summed E-state index contributed by atoms with van der Waals surface area (Å²) in [5.41, 5.74) is 0.378. The van der Waals surface area contributed by atoms with Crippen LogP contribution in [-0.2, 0) is 4.74 Å². The number of hydrogen-bond acceptors (Lipinski definition) is 5. The largest absolute Gasteiger partial charge is 0.371 e. The second kappa shape index (κ2) is 4.48. The van der Waals surface area contributed by atoms with E-state index < -0.39 is 0 Å². The maximum absolute atomic E-state index is 11.2. The third-order valence-corrected chi connectivity index (χ3v) is 3.74. The summed E-state index contributed by atoms with van der Waals surface area (Å²) in [5, 5.41) is 0.228. The Morgan fingerprint density at radius 2 is 2.00 bits per heavy atom. The molecule has 2 atom stereocenters. The summed E-state index contributed by atoms with van der Waals surface area (Å²) in [5.74, 6) is 1.22. The lowest BCUT2D eigenvalue weighted by atomic mass is 10.2. The number of carbonyl (C=O) groups excluding carboxylic acids is 1. The van der Waals surface area contributed by atoms with Gasteiger partial charge in [-0.2, -0.15) is 0 Å². The zero-order valence-electron chi connectivity index (χ0n) is 10.1. The van der Waals surface area contributed by atoms with Gasteiger partial charge in [0, 0.05) is 13.1 Å². The normalized spacial score (nSPS) is 26.4. The summed E-state index contributed by atoms with van der Waals surface area (Å²) in [6, 6.07) is 0. The molecule has 0 saturated carbocycles. The molecule has 0 aromatic carbocycles. The van der Waals surface area contributed by atoms with Crippen molar-refractivity contribution in [3.63, 3.8) is 0 Å². The van der Waals surface area contributed by atoms with E-state index in [9.17, 15) is 4.79 Å². The number of rotatable bonds is 2. The van der Waals surface area contributed by atoms with Crippen LogP contribution >= 0.6 is 11.6 Å². The first kappa shape index (κ1) is 11.9. The lowest BCUT2D eigenvalue weighted by Gasteiger charge is -2.33. The second-order valence-corrected chi connectivity index (χ2v) is 5.14. The Morgan fingerprint density at radius 3 is 2.61 bits per heavy atom. The van der Waals surface area contributed by atoms with Crippen molar-refractivity contribution in [2.45, 2.75) is 32.0 Å². The molecule has 96 valence electrons. The Balaban J connectivity index is 1.98. The topological polar surface area (TPSA) is 55.3 Å². The summed E-state index contributed by atoms with van der Waals surface area (Å²) in [6.45, 7) is 3.31.